The second-order valence-corrected chi connectivity index (χ2v) is 27.2. The molecule has 0 aliphatic carbocycles. The summed E-state index contributed by atoms with van der Waals surface area (Å²) in [5, 5.41) is 65.1. The van der Waals surface area contributed by atoms with E-state index in [1.54, 1.807) is 59.3 Å². The normalized spacial score (nSPS) is 11.2. The quantitative estimate of drug-likeness (QED) is 0.0349. The number of nitriles is 4. The van der Waals surface area contributed by atoms with E-state index < -0.39 is 0 Å². The van der Waals surface area contributed by atoms with Gasteiger partial charge in [0.05, 0.1) is 28.4 Å². The Kier molecular flexibility index (Phi) is 32.2. The molecule has 0 saturated heterocycles. The number of aliphatic hydroxyl groups excluding tert-OH is 2. The van der Waals surface area contributed by atoms with Gasteiger partial charge in [0.15, 0.2) is 34.3 Å². The number of benzene rings is 5. The Bertz CT molecular complexity index is 5050. The molecule has 0 fully saturated rings. The van der Waals surface area contributed by atoms with E-state index >= 15 is 0 Å². The molecule has 12 rings (SSSR count). The number of allylic oxidation sites excluding steroid dienone is 4. The van der Waals surface area contributed by atoms with Gasteiger partial charge in [-0.25, -0.2) is 29.9 Å². The molecular formula is C83H79FIr2N16O4S2-2. The molecule has 2 N–H and O–H groups in total. The smallest absolute Gasteiger partial charge is 0.294 e. The number of aliphatic hydroxyl groups is 2. The van der Waals surface area contributed by atoms with Gasteiger partial charge >= 0.3 is 0 Å². The van der Waals surface area contributed by atoms with Gasteiger partial charge in [-0.15, -0.1) is 79.3 Å². The molecule has 0 unspecified atom stereocenters. The largest absolute Gasteiger partial charge is 0.512 e. The first-order chi connectivity index (χ1) is 51.1. The molecule has 0 saturated carbocycles. The number of fused-ring (bicyclic) bond motifs is 10. The average molecular weight is 1830 g/mol. The number of ketones is 2. The Balaban J connectivity index is 0.000000216. The maximum atomic E-state index is 14.6. The minimum absolute atomic E-state index is 0. The number of carbonyl (C=O) groups excluding carboxylic acids is 2. The van der Waals surface area contributed by atoms with Crippen molar-refractivity contribution in [1.29, 1.82) is 21.0 Å². The zero-order chi connectivity index (χ0) is 77.1. The van der Waals surface area contributed by atoms with E-state index in [1.807, 2.05) is 79.7 Å². The van der Waals surface area contributed by atoms with Crippen molar-refractivity contribution < 1.29 is 64.4 Å². The zero-order valence-corrected chi connectivity index (χ0v) is 68.5. The molecule has 12 aromatic rings. The van der Waals surface area contributed by atoms with E-state index in [1.165, 1.54) is 40.6 Å². The summed E-state index contributed by atoms with van der Waals surface area (Å²) in [6, 6.07) is 33.5. The maximum Gasteiger partial charge on any atom is 0.294 e. The third-order valence-corrected chi connectivity index (χ3v) is 20.3. The van der Waals surface area contributed by atoms with Crippen molar-refractivity contribution in [2.45, 2.75) is 153 Å². The number of aromatic nitrogens is 10. The van der Waals surface area contributed by atoms with Crippen LogP contribution in [0.25, 0.3) is 107 Å². The van der Waals surface area contributed by atoms with Crippen molar-refractivity contribution in [2.24, 2.45) is 23.7 Å². The molecule has 5 aromatic carbocycles. The van der Waals surface area contributed by atoms with Crippen LogP contribution in [0.3, 0.4) is 0 Å². The van der Waals surface area contributed by atoms with Gasteiger partial charge in [-0.05, 0) is 85.1 Å². The van der Waals surface area contributed by atoms with Crippen LogP contribution in [0.2, 0.25) is 0 Å². The first kappa shape index (κ1) is 86.2. The SMILES string of the molecule is CC(C)c1csc2c(-c3[c-]c4ccccc4cc3F)ncnc12.CCC(CC)C(=O)C=C(O)C(CC)CC.CCC(CC)C(=O)C=C(O)C(CC)CC.Cc1cc2ccccc2[c-]c1-c1ncnc2c(C(C)C)csc12.[C-]#[N+]c1nc2c3nc(C#N)c(C#N)nc3c3nc(C#N)c(C#N)nc3c2nc1[N+]#[C-].[Ir].[Ir]. The van der Waals surface area contributed by atoms with Crippen LogP contribution in [0.1, 0.15) is 186 Å². The molecule has 554 valence electrons. The predicted molar refractivity (Wildman–Crippen MR) is 416 cm³/mol. The van der Waals surface area contributed by atoms with Crippen LogP contribution in [0.5, 0.6) is 0 Å². The van der Waals surface area contributed by atoms with Crippen LogP contribution in [0, 0.1) is 107 Å². The topological polar surface area (TPSA) is 307 Å². The van der Waals surface area contributed by atoms with Gasteiger partial charge in [0.2, 0.25) is 11.0 Å². The molecule has 0 spiro atoms. The number of aryl methyl sites for hydroxylation is 1. The summed E-state index contributed by atoms with van der Waals surface area (Å²) >= 11 is 3.30. The van der Waals surface area contributed by atoms with Gasteiger partial charge < -0.3 is 19.9 Å². The Morgan fingerprint density at radius 3 is 1.16 bits per heavy atom. The van der Waals surface area contributed by atoms with E-state index in [2.05, 4.69) is 147 Å². The summed E-state index contributed by atoms with van der Waals surface area (Å²) in [5.74, 6) is 1.03. The molecule has 0 aliphatic heterocycles. The molecule has 25 heteroatoms. The Labute approximate surface area is 663 Å². The van der Waals surface area contributed by atoms with Gasteiger partial charge in [0.1, 0.15) is 59.0 Å². The van der Waals surface area contributed by atoms with Crippen molar-refractivity contribution in [3.05, 3.63) is 188 Å². The van der Waals surface area contributed by atoms with Crippen LogP contribution < -0.4 is 0 Å². The van der Waals surface area contributed by atoms with Gasteiger partial charge in [-0.3, -0.25) is 23.9 Å². The third kappa shape index (κ3) is 19.3. The Morgan fingerprint density at radius 1 is 0.500 bits per heavy atom. The molecule has 2 radical (unpaired) electrons. The van der Waals surface area contributed by atoms with Crippen molar-refractivity contribution in [3.63, 3.8) is 0 Å². The van der Waals surface area contributed by atoms with Crippen LogP contribution in [-0.2, 0) is 49.8 Å². The van der Waals surface area contributed by atoms with E-state index in [0.717, 1.165) is 99.2 Å². The number of halogens is 1. The summed E-state index contributed by atoms with van der Waals surface area (Å²) in [5.41, 5.74) is 7.57. The average Bonchev–Trinajstić information content (AvgIpc) is 0.822. The molecular weight excluding hydrogens is 1750 g/mol. The van der Waals surface area contributed by atoms with E-state index in [4.69, 9.17) is 13.1 Å². The first-order valence-electron chi connectivity index (χ1n) is 35.1. The van der Waals surface area contributed by atoms with Crippen molar-refractivity contribution in [1.82, 2.24) is 49.8 Å². The number of rotatable bonds is 18. The molecule has 108 heavy (non-hydrogen) atoms. The van der Waals surface area contributed by atoms with Gasteiger partial charge in [0.25, 0.3) is 11.6 Å². The predicted octanol–water partition coefficient (Wildman–Crippen LogP) is 21.2. The zero-order valence-electron chi connectivity index (χ0n) is 62.1. The van der Waals surface area contributed by atoms with E-state index in [-0.39, 0.29) is 160 Å². The number of hydrogen-bond acceptors (Lipinski definition) is 20. The summed E-state index contributed by atoms with van der Waals surface area (Å²) in [6.07, 6.45) is 13.0. The van der Waals surface area contributed by atoms with Crippen LogP contribution >= 0.6 is 22.7 Å². The number of nitrogens with zero attached hydrogens (tertiary/aromatic N) is 16. The van der Waals surface area contributed by atoms with Crippen LogP contribution in [0.4, 0.5) is 16.0 Å². The molecule has 20 nitrogen and oxygen atoms in total. The van der Waals surface area contributed by atoms with Crippen LogP contribution in [0.15, 0.2) is 108 Å². The van der Waals surface area contributed by atoms with Crippen LogP contribution in [-0.4, -0.2) is 71.6 Å². The molecule has 7 heterocycles. The summed E-state index contributed by atoms with van der Waals surface area (Å²) < 4.78 is 16.7. The standard InChI is InChI=1S/C20H17N2S.C19H14FN2S.C18N12.2C13H24O2.2Ir/c1-12(2)17-10-23-20-18(21-11-22-19(17)20)16-9-15-7-5-4-6-14(15)8-13(16)3;1-11(2)15-9-23-19-17(21-10-22-18(15)19)14-7-12-5-3-4-6-13(12)8-16(14)20;1-23-17-18(24-2)30-16-14-12(26-8(4-20)10(6-22)28-14)11-13(15(16)29-17)27-9(5-21)7(3-19)25-11;2*1-5-10(6-2)12(14)9-13(15)11(7-3)8-4;;/h4-8,10-12H,1-3H3;3-6,8-11H,1-2H3;;2*9-11,14H,5-8H2,1-4H3;;/q2*-1;;;;;. The van der Waals surface area contributed by atoms with Crippen molar-refractivity contribution >= 4 is 121 Å². The Hall–Kier alpha value is -10.7. The second kappa shape index (κ2) is 40.3. The third-order valence-electron chi connectivity index (χ3n) is 18.3. The van der Waals surface area contributed by atoms with Gasteiger partial charge in [0, 0.05) is 96.8 Å². The minimum Gasteiger partial charge on any atom is -0.512 e. The fraction of sp³-hybridized carbons (Fsp3) is 0.325. The maximum absolute atomic E-state index is 14.6. The fourth-order valence-corrected chi connectivity index (χ4v) is 14.4. The summed E-state index contributed by atoms with van der Waals surface area (Å²) in [7, 11) is 0. The molecule has 0 amide bonds. The number of hydrogen-bond donors (Lipinski definition) is 2. The Morgan fingerprint density at radius 2 is 0.824 bits per heavy atom. The summed E-state index contributed by atoms with van der Waals surface area (Å²) in [6.45, 7) is 41.4. The monoisotopic (exact) mass is 1830 g/mol. The van der Waals surface area contributed by atoms with E-state index in [0.29, 0.717) is 23.1 Å². The fourth-order valence-electron chi connectivity index (χ4n) is 12.0. The summed E-state index contributed by atoms with van der Waals surface area (Å²) in [4.78, 5) is 72.4. The molecule has 7 aromatic heterocycles. The molecule has 0 aliphatic rings. The minimum atomic E-state index is -0.303. The number of thiophene rings is 2. The first-order valence-corrected chi connectivity index (χ1v) is 36.8. The number of carbonyl (C=O) groups is 2. The van der Waals surface area contributed by atoms with Crippen molar-refractivity contribution in [2.75, 3.05) is 0 Å². The molecule has 0 bridgehead atoms. The van der Waals surface area contributed by atoms with Crippen molar-refractivity contribution in [3.8, 4) is 46.8 Å². The van der Waals surface area contributed by atoms with Gasteiger partial charge in [-0.2, -0.15) is 21.0 Å². The molecule has 0 atom stereocenters. The van der Waals surface area contributed by atoms with Gasteiger partial charge in [-0.1, -0.05) is 168 Å². The second-order valence-electron chi connectivity index (χ2n) is 25.5. The van der Waals surface area contributed by atoms with E-state index in [9.17, 15) is 45.2 Å².